The van der Waals surface area contributed by atoms with Gasteiger partial charge in [0.1, 0.15) is 17.7 Å². The number of morpholine rings is 1. The van der Waals surface area contributed by atoms with Crippen molar-refractivity contribution in [2.45, 2.75) is 33.2 Å². The van der Waals surface area contributed by atoms with Crippen molar-refractivity contribution < 1.29 is 13.9 Å². The lowest BCUT2D eigenvalue weighted by Crippen LogP contribution is -2.37. The van der Waals surface area contributed by atoms with Gasteiger partial charge in [-0.1, -0.05) is 6.07 Å². The Morgan fingerprint density at radius 1 is 1.11 bits per heavy atom. The fraction of sp³-hybridized carbons (Fsp3) is 0.360. The lowest BCUT2D eigenvalue weighted by Gasteiger charge is -2.29. The first kappa shape index (κ1) is 23.0. The molecule has 1 aliphatic heterocycles. The van der Waals surface area contributed by atoms with E-state index in [9.17, 15) is 9.18 Å². The first-order chi connectivity index (χ1) is 16.7. The number of aryl methyl sites for hydroxylation is 1. The van der Waals surface area contributed by atoms with Gasteiger partial charge in [-0.25, -0.2) is 9.67 Å². The summed E-state index contributed by atoms with van der Waals surface area (Å²) in [4.78, 5) is 19.5. The molecule has 4 aromatic rings. The molecule has 10 heteroatoms. The number of halogens is 1. The molecular weight excluding hydrogens is 449 g/mol. The highest BCUT2D eigenvalue weighted by atomic mass is 19.1. The van der Waals surface area contributed by atoms with Crippen LogP contribution in [0.25, 0.3) is 16.8 Å². The fourth-order valence-electron chi connectivity index (χ4n) is 4.24. The smallest absolute Gasteiger partial charge is 0.261 e. The number of carbonyl (C=O) groups is 1. The molecule has 4 heterocycles. The van der Waals surface area contributed by atoms with Crippen LogP contribution in [0.3, 0.4) is 0 Å². The molecule has 35 heavy (non-hydrogen) atoms. The van der Waals surface area contributed by atoms with Crippen LogP contribution in [0.2, 0.25) is 0 Å². The monoisotopic (exact) mass is 477 g/mol. The van der Waals surface area contributed by atoms with Crippen LogP contribution in [-0.4, -0.2) is 56.6 Å². The molecule has 0 bridgehead atoms. The van der Waals surface area contributed by atoms with Gasteiger partial charge in [-0.2, -0.15) is 19.1 Å². The maximum absolute atomic E-state index is 14.8. The zero-order valence-electron chi connectivity index (χ0n) is 20.2. The zero-order chi connectivity index (χ0) is 24.7. The van der Waals surface area contributed by atoms with Gasteiger partial charge in [0.15, 0.2) is 5.65 Å². The molecule has 1 aromatic carbocycles. The predicted octanol–water partition coefficient (Wildman–Crippen LogP) is 3.88. The highest BCUT2D eigenvalue weighted by Gasteiger charge is 2.25. The molecule has 9 nitrogen and oxygen atoms in total. The summed E-state index contributed by atoms with van der Waals surface area (Å²) in [5, 5.41) is 11.3. The van der Waals surface area contributed by atoms with Crippen molar-refractivity contribution in [2.75, 3.05) is 36.5 Å². The summed E-state index contributed by atoms with van der Waals surface area (Å²) in [6.45, 7) is 10.3. The van der Waals surface area contributed by atoms with Crippen LogP contribution in [0.1, 0.15) is 36.7 Å². The van der Waals surface area contributed by atoms with Crippen molar-refractivity contribution >= 4 is 23.1 Å². The van der Waals surface area contributed by atoms with Gasteiger partial charge in [0, 0.05) is 18.8 Å². The minimum atomic E-state index is -0.658. The van der Waals surface area contributed by atoms with E-state index in [0.29, 0.717) is 18.9 Å². The first-order valence-corrected chi connectivity index (χ1v) is 11.6. The Morgan fingerprint density at radius 2 is 1.89 bits per heavy atom. The van der Waals surface area contributed by atoms with Crippen molar-refractivity contribution in [3.63, 3.8) is 0 Å². The van der Waals surface area contributed by atoms with E-state index < -0.39 is 17.4 Å². The number of rotatable bonds is 4. The molecule has 5 rings (SSSR count). The van der Waals surface area contributed by atoms with Crippen molar-refractivity contribution in [1.29, 1.82) is 0 Å². The van der Waals surface area contributed by atoms with Crippen molar-refractivity contribution in [3.05, 3.63) is 59.9 Å². The van der Waals surface area contributed by atoms with E-state index in [1.165, 1.54) is 10.9 Å². The van der Waals surface area contributed by atoms with Crippen LogP contribution in [0.5, 0.6) is 0 Å². The highest BCUT2D eigenvalue weighted by Crippen LogP contribution is 2.31. The number of fused-ring (bicyclic) bond motifs is 1. The highest BCUT2D eigenvalue weighted by molar-refractivity contribution is 6.04. The second-order valence-corrected chi connectivity index (χ2v) is 9.65. The van der Waals surface area contributed by atoms with Crippen molar-refractivity contribution in [3.8, 4) is 11.1 Å². The second kappa shape index (κ2) is 8.77. The lowest BCUT2D eigenvalue weighted by molar-refractivity contribution is 0.102. The standard InChI is InChI=1S/C25H28FN7O2/c1-16-5-6-18(30-24(34)20-14-28-33(23(20)26)25(2,3)4)13-19(16)17-11-21-27-15-29-32(21)22(12-17)31-7-9-35-10-8-31/h5-6,11-15H,7-10H2,1-4H3,(H,30,34). The molecule has 1 saturated heterocycles. The van der Waals surface area contributed by atoms with E-state index >= 15 is 0 Å². The summed E-state index contributed by atoms with van der Waals surface area (Å²) in [6.07, 6.45) is 2.80. The SMILES string of the molecule is Cc1ccc(NC(=O)c2cnn(C(C)(C)C)c2F)cc1-c1cc(N2CCOCC2)n2ncnc2c1. The number of hydrogen-bond acceptors (Lipinski definition) is 6. The molecule has 0 spiro atoms. The Bertz CT molecular complexity index is 1400. The van der Waals surface area contributed by atoms with Gasteiger partial charge in [-0.05, 0) is 68.7 Å². The van der Waals surface area contributed by atoms with Crippen LogP contribution in [-0.2, 0) is 10.3 Å². The minimum Gasteiger partial charge on any atom is -0.378 e. The summed E-state index contributed by atoms with van der Waals surface area (Å²) in [7, 11) is 0. The zero-order valence-corrected chi connectivity index (χ0v) is 20.2. The number of nitrogens with one attached hydrogen (secondary N) is 1. The van der Waals surface area contributed by atoms with Crippen LogP contribution >= 0.6 is 0 Å². The predicted molar refractivity (Wildman–Crippen MR) is 131 cm³/mol. The van der Waals surface area contributed by atoms with Gasteiger partial charge in [0.2, 0.25) is 5.95 Å². The molecule has 3 aromatic heterocycles. The Morgan fingerprint density at radius 3 is 2.60 bits per heavy atom. The summed E-state index contributed by atoms with van der Waals surface area (Å²) in [6, 6.07) is 9.68. The fourth-order valence-corrected chi connectivity index (χ4v) is 4.24. The lowest BCUT2D eigenvalue weighted by atomic mass is 10.00. The van der Waals surface area contributed by atoms with Gasteiger partial charge >= 0.3 is 0 Å². The van der Waals surface area contributed by atoms with E-state index in [-0.39, 0.29) is 5.56 Å². The molecule has 0 saturated carbocycles. The third kappa shape index (κ3) is 4.37. The Labute approximate surface area is 202 Å². The number of benzene rings is 1. The van der Waals surface area contributed by atoms with Crippen molar-refractivity contribution in [1.82, 2.24) is 24.4 Å². The number of anilines is 2. The molecule has 1 fully saturated rings. The Kier molecular flexibility index (Phi) is 5.76. The van der Waals surface area contributed by atoms with Gasteiger partial charge in [-0.3, -0.25) is 4.79 Å². The number of aromatic nitrogens is 5. The summed E-state index contributed by atoms with van der Waals surface area (Å²) < 4.78 is 23.4. The Hall–Kier alpha value is -3.79. The molecule has 0 radical (unpaired) electrons. The summed E-state index contributed by atoms with van der Waals surface area (Å²) in [5.41, 5.74) is 3.55. The molecule has 1 amide bonds. The van der Waals surface area contributed by atoms with Gasteiger partial charge < -0.3 is 15.0 Å². The first-order valence-electron chi connectivity index (χ1n) is 11.6. The number of carbonyl (C=O) groups excluding carboxylic acids is 1. The number of amides is 1. The number of hydrogen-bond donors (Lipinski definition) is 1. The van der Waals surface area contributed by atoms with E-state index in [1.54, 1.807) is 12.4 Å². The molecule has 1 N–H and O–H groups in total. The molecule has 1 aliphatic rings. The van der Waals surface area contributed by atoms with E-state index in [0.717, 1.165) is 41.2 Å². The summed E-state index contributed by atoms with van der Waals surface area (Å²) in [5.74, 6) is -0.270. The third-order valence-electron chi connectivity index (χ3n) is 6.09. The van der Waals surface area contributed by atoms with Crippen LogP contribution in [0, 0.1) is 12.9 Å². The van der Waals surface area contributed by atoms with Gasteiger partial charge in [0.05, 0.1) is 24.9 Å². The third-order valence-corrected chi connectivity index (χ3v) is 6.09. The van der Waals surface area contributed by atoms with Crippen LogP contribution in [0.15, 0.2) is 42.9 Å². The quantitative estimate of drug-likeness (QED) is 0.480. The molecular formula is C25H28FN7O2. The van der Waals surface area contributed by atoms with Crippen LogP contribution < -0.4 is 10.2 Å². The van der Waals surface area contributed by atoms with E-state index in [1.807, 2.05) is 50.4 Å². The largest absolute Gasteiger partial charge is 0.378 e. The van der Waals surface area contributed by atoms with Gasteiger partial charge in [-0.15, -0.1) is 0 Å². The average molecular weight is 478 g/mol. The average Bonchev–Trinajstić information content (AvgIpc) is 3.46. The molecule has 0 unspecified atom stereocenters. The van der Waals surface area contributed by atoms with Gasteiger partial charge in [0.25, 0.3) is 5.91 Å². The number of pyridine rings is 1. The van der Waals surface area contributed by atoms with Crippen molar-refractivity contribution in [2.24, 2.45) is 0 Å². The van der Waals surface area contributed by atoms with Crippen LogP contribution in [0.4, 0.5) is 15.9 Å². The molecule has 182 valence electrons. The topological polar surface area (TPSA) is 89.6 Å². The maximum Gasteiger partial charge on any atom is 0.261 e. The normalized spacial score (nSPS) is 14.5. The van der Waals surface area contributed by atoms with E-state index in [4.69, 9.17) is 4.74 Å². The number of nitrogens with zero attached hydrogens (tertiary/aromatic N) is 6. The Balaban J connectivity index is 1.48. The molecule has 0 aliphatic carbocycles. The molecule has 0 atom stereocenters. The van der Waals surface area contributed by atoms with E-state index in [2.05, 4.69) is 31.5 Å². The number of ether oxygens (including phenoxy) is 1. The maximum atomic E-state index is 14.8. The minimum absolute atomic E-state index is 0.0958. The summed E-state index contributed by atoms with van der Waals surface area (Å²) >= 11 is 0. The second-order valence-electron chi connectivity index (χ2n) is 9.65.